The van der Waals surface area contributed by atoms with Crippen LogP contribution in [-0.4, -0.2) is 24.3 Å². The van der Waals surface area contributed by atoms with Gasteiger partial charge in [0.05, 0.1) is 19.1 Å². The van der Waals surface area contributed by atoms with Crippen molar-refractivity contribution in [2.45, 2.75) is 26.2 Å². The summed E-state index contributed by atoms with van der Waals surface area (Å²) in [4.78, 5) is 11.5. The highest BCUT2D eigenvalue weighted by Gasteiger charge is 2.21. The van der Waals surface area contributed by atoms with E-state index in [0.717, 1.165) is 16.9 Å². The topological polar surface area (TPSA) is 55.8 Å². The number of hydrogen-bond donors (Lipinski definition) is 1. The minimum absolute atomic E-state index is 0.347. The monoisotopic (exact) mass is 314 g/mol. The molecule has 0 aliphatic carbocycles. The first-order valence-electron chi connectivity index (χ1n) is 7.75. The number of carboxylic acids is 1. The molecule has 2 aromatic rings. The SMILES string of the molecule is CCOc1ccc(OCCC(C(=O)O)c2ccccc2C)cc1. The molecule has 122 valence electrons. The molecule has 0 heterocycles. The smallest absolute Gasteiger partial charge is 0.311 e. The number of carbonyl (C=O) groups is 1. The molecule has 2 aromatic carbocycles. The maximum Gasteiger partial charge on any atom is 0.311 e. The van der Waals surface area contributed by atoms with E-state index in [9.17, 15) is 9.90 Å². The normalized spacial score (nSPS) is 11.7. The molecule has 0 aliphatic rings. The zero-order valence-electron chi connectivity index (χ0n) is 13.5. The third kappa shape index (κ3) is 4.74. The van der Waals surface area contributed by atoms with E-state index in [2.05, 4.69) is 0 Å². The Hall–Kier alpha value is -2.49. The summed E-state index contributed by atoms with van der Waals surface area (Å²) < 4.78 is 11.0. The van der Waals surface area contributed by atoms with E-state index in [4.69, 9.17) is 9.47 Å². The molecule has 0 spiro atoms. The molecule has 2 rings (SSSR count). The maximum absolute atomic E-state index is 11.5. The fourth-order valence-corrected chi connectivity index (χ4v) is 2.48. The van der Waals surface area contributed by atoms with Crippen LogP contribution in [0, 0.1) is 6.92 Å². The second-order valence-corrected chi connectivity index (χ2v) is 5.29. The molecular formula is C19H22O4. The summed E-state index contributed by atoms with van der Waals surface area (Å²) in [6.07, 6.45) is 0.424. The average Bonchev–Trinajstić information content (AvgIpc) is 2.54. The highest BCUT2D eigenvalue weighted by atomic mass is 16.5. The lowest BCUT2D eigenvalue weighted by Gasteiger charge is -2.15. The van der Waals surface area contributed by atoms with E-state index < -0.39 is 11.9 Å². The molecule has 0 amide bonds. The maximum atomic E-state index is 11.5. The Morgan fingerprint density at radius 1 is 1.04 bits per heavy atom. The predicted octanol–water partition coefficient (Wildman–Crippen LogP) is 4.03. The molecule has 23 heavy (non-hydrogen) atoms. The van der Waals surface area contributed by atoms with Crippen LogP contribution in [0.1, 0.15) is 30.4 Å². The summed E-state index contributed by atoms with van der Waals surface area (Å²) in [6.45, 7) is 4.83. The minimum atomic E-state index is -0.824. The Balaban J connectivity index is 1.95. The van der Waals surface area contributed by atoms with E-state index in [1.807, 2.05) is 62.4 Å². The second kappa shape index (κ2) is 8.22. The fraction of sp³-hybridized carbons (Fsp3) is 0.316. The lowest BCUT2D eigenvalue weighted by atomic mass is 9.92. The molecule has 0 radical (unpaired) electrons. The quantitative estimate of drug-likeness (QED) is 0.799. The van der Waals surface area contributed by atoms with Gasteiger partial charge < -0.3 is 14.6 Å². The van der Waals surface area contributed by atoms with Gasteiger partial charge in [0, 0.05) is 0 Å². The molecule has 1 N–H and O–H groups in total. The lowest BCUT2D eigenvalue weighted by Crippen LogP contribution is -2.16. The van der Waals surface area contributed by atoms with Crippen molar-refractivity contribution in [1.29, 1.82) is 0 Å². The van der Waals surface area contributed by atoms with Gasteiger partial charge in [0.15, 0.2) is 0 Å². The van der Waals surface area contributed by atoms with Crippen molar-refractivity contribution in [3.8, 4) is 11.5 Å². The standard InChI is InChI=1S/C19H22O4/c1-3-22-15-8-10-16(11-9-15)23-13-12-18(19(20)21)17-7-5-4-6-14(17)2/h4-11,18H,3,12-13H2,1-2H3,(H,20,21). The first-order chi connectivity index (χ1) is 11.1. The molecule has 0 fully saturated rings. The largest absolute Gasteiger partial charge is 0.494 e. The van der Waals surface area contributed by atoms with Crippen LogP contribution in [0.5, 0.6) is 11.5 Å². The summed E-state index contributed by atoms with van der Waals surface area (Å²) in [5.41, 5.74) is 1.83. The van der Waals surface area contributed by atoms with Crippen molar-refractivity contribution in [3.05, 3.63) is 59.7 Å². The Kier molecular flexibility index (Phi) is 6.03. The van der Waals surface area contributed by atoms with Crippen LogP contribution in [0.25, 0.3) is 0 Å². The second-order valence-electron chi connectivity index (χ2n) is 5.29. The van der Waals surface area contributed by atoms with Crippen molar-refractivity contribution < 1.29 is 19.4 Å². The Labute approximate surface area is 136 Å². The van der Waals surface area contributed by atoms with Gasteiger partial charge in [-0.15, -0.1) is 0 Å². The van der Waals surface area contributed by atoms with Crippen LogP contribution < -0.4 is 9.47 Å². The van der Waals surface area contributed by atoms with Crippen molar-refractivity contribution in [3.63, 3.8) is 0 Å². The molecular weight excluding hydrogens is 292 g/mol. The van der Waals surface area contributed by atoms with Gasteiger partial charge in [-0.2, -0.15) is 0 Å². The number of benzene rings is 2. The zero-order chi connectivity index (χ0) is 16.7. The molecule has 1 atom stereocenters. The Morgan fingerprint density at radius 2 is 1.65 bits per heavy atom. The molecule has 1 unspecified atom stereocenters. The fourth-order valence-electron chi connectivity index (χ4n) is 2.48. The van der Waals surface area contributed by atoms with Crippen LogP contribution in [0.4, 0.5) is 0 Å². The average molecular weight is 314 g/mol. The van der Waals surface area contributed by atoms with Crippen molar-refractivity contribution in [2.24, 2.45) is 0 Å². The van der Waals surface area contributed by atoms with Gasteiger partial charge in [-0.05, 0) is 55.7 Å². The van der Waals surface area contributed by atoms with Gasteiger partial charge >= 0.3 is 5.97 Å². The van der Waals surface area contributed by atoms with Gasteiger partial charge in [0.25, 0.3) is 0 Å². The number of rotatable bonds is 8. The van der Waals surface area contributed by atoms with Gasteiger partial charge in [0.2, 0.25) is 0 Å². The van der Waals surface area contributed by atoms with Crippen molar-refractivity contribution >= 4 is 5.97 Å². The predicted molar refractivity (Wildman–Crippen MR) is 89.3 cm³/mol. The van der Waals surface area contributed by atoms with Gasteiger partial charge in [0.1, 0.15) is 11.5 Å². The molecule has 0 aromatic heterocycles. The summed E-state index contributed by atoms with van der Waals surface area (Å²) in [5.74, 6) is 0.124. The first kappa shape index (κ1) is 16.9. The summed E-state index contributed by atoms with van der Waals surface area (Å²) in [7, 11) is 0. The molecule has 4 heteroatoms. The van der Waals surface area contributed by atoms with E-state index >= 15 is 0 Å². The van der Waals surface area contributed by atoms with Crippen molar-refractivity contribution in [1.82, 2.24) is 0 Å². The zero-order valence-corrected chi connectivity index (χ0v) is 13.5. The molecule has 4 nitrogen and oxygen atoms in total. The van der Waals surface area contributed by atoms with E-state index in [-0.39, 0.29) is 0 Å². The molecule has 0 saturated heterocycles. The molecule has 0 saturated carbocycles. The van der Waals surface area contributed by atoms with Gasteiger partial charge in [-0.3, -0.25) is 4.79 Å². The number of aliphatic carboxylic acids is 1. The van der Waals surface area contributed by atoms with Crippen molar-refractivity contribution in [2.75, 3.05) is 13.2 Å². The van der Waals surface area contributed by atoms with Crippen LogP contribution in [-0.2, 0) is 4.79 Å². The number of ether oxygens (including phenoxy) is 2. The number of hydrogen-bond acceptors (Lipinski definition) is 3. The third-order valence-corrected chi connectivity index (χ3v) is 3.67. The lowest BCUT2D eigenvalue weighted by molar-refractivity contribution is -0.139. The summed E-state index contributed by atoms with van der Waals surface area (Å²) in [5, 5.41) is 9.47. The minimum Gasteiger partial charge on any atom is -0.494 e. The van der Waals surface area contributed by atoms with Crippen LogP contribution in [0.3, 0.4) is 0 Å². The highest BCUT2D eigenvalue weighted by molar-refractivity contribution is 5.76. The van der Waals surface area contributed by atoms with Gasteiger partial charge in [-0.25, -0.2) is 0 Å². The molecule has 0 bridgehead atoms. The van der Waals surface area contributed by atoms with Crippen LogP contribution >= 0.6 is 0 Å². The molecule has 0 aliphatic heterocycles. The first-order valence-corrected chi connectivity index (χ1v) is 7.75. The van der Waals surface area contributed by atoms with E-state index in [1.54, 1.807) is 0 Å². The van der Waals surface area contributed by atoms with E-state index in [1.165, 1.54) is 0 Å². The summed E-state index contributed by atoms with van der Waals surface area (Å²) >= 11 is 0. The number of aryl methyl sites for hydroxylation is 1. The number of carboxylic acid groups (broad SMARTS) is 1. The Morgan fingerprint density at radius 3 is 2.22 bits per heavy atom. The highest BCUT2D eigenvalue weighted by Crippen LogP contribution is 2.24. The van der Waals surface area contributed by atoms with E-state index in [0.29, 0.717) is 25.4 Å². The summed E-state index contributed by atoms with van der Waals surface area (Å²) in [6, 6.07) is 14.9. The Bertz CT molecular complexity index is 634. The van der Waals surface area contributed by atoms with Crippen LogP contribution in [0.15, 0.2) is 48.5 Å². The van der Waals surface area contributed by atoms with Gasteiger partial charge in [-0.1, -0.05) is 24.3 Å². The third-order valence-electron chi connectivity index (χ3n) is 3.67. The van der Waals surface area contributed by atoms with Crippen LogP contribution in [0.2, 0.25) is 0 Å².